The van der Waals surface area contributed by atoms with Crippen molar-refractivity contribution in [2.75, 3.05) is 0 Å². The highest BCUT2D eigenvalue weighted by Crippen LogP contribution is 2.46. The molecule has 0 amide bonds. The van der Waals surface area contributed by atoms with E-state index in [1.165, 1.54) is 57.9 Å². The summed E-state index contributed by atoms with van der Waals surface area (Å²) in [6.45, 7) is 0. The molecular formula is C64H36N4OS. The summed E-state index contributed by atoms with van der Waals surface area (Å²) in [5, 5.41) is 15.6. The Kier molecular flexibility index (Phi) is 8.46. The molecule has 0 fully saturated rings. The Morgan fingerprint density at radius 2 is 0.829 bits per heavy atom. The van der Waals surface area contributed by atoms with Crippen LogP contribution in [-0.4, -0.2) is 19.9 Å². The van der Waals surface area contributed by atoms with E-state index >= 15 is 0 Å². The van der Waals surface area contributed by atoms with Gasteiger partial charge in [0.2, 0.25) is 0 Å². The number of fused-ring (bicyclic) bond motifs is 16. The predicted molar refractivity (Wildman–Crippen MR) is 292 cm³/mol. The smallest absolute Gasteiger partial charge is 0.164 e. The largest absolute Gasteiger partial charge is 0.456 e. The van der Waals surface area contributed by atoms with Crippen LogP contribution in [0.1, 0.15) is 0 Å². The van der Waals surface area contributed by atoms with Gasteiger partial charge in [0, 0.05) is 74.9 Å². The average molecular weight is 909 g/mol. The number of furan rings is 1. The lowest BCUT2D eigenvalue weighted by Crippen LogP contribution is -2.00. The number of aromatic nitrogens is 4. The second-order valence-corrected chi connectivity index (χ2v) is 19.1. The molecule has 15 aromatic rings. The maximum absolute atomic E-state index is 6.32. The van der Waals surface area contributed by atoms with Gasteiger partial charge in [-0.15, -0.1) is 11.3 Å². The van der Waals surface area contributed by atoms with Gasteiger partial charge in [-0.05, 0) is 80.3 Å². The summed E-state index contributed by atoms with van der Waals surface area (Å²) in [4.78, 5) is 21.2. The van der Waals surface area contributed by atoms with E-state index in [-0.39, 0.29) is 0 Å². The molecule has 0 N–H and O–H groups in total. The molecule has 0 radical (unpaired) electrons. The molecule has 0 saturated heterocycles. The van der Waals surface area contributed by atoms with Gasteiger partial charge in [-0.2, -0.15) is 0 Å². The molecule has 0 saturated carbocycles. The topological polar surface area (TPSA) is 64.7 Å². The first-order valence-corrected chi connectivity index (χ1v) is 24.3. The van der Waals surface area contributed by atoms with E-state index in [4.69, 9.17) is 24.4 Å². The first kappa shape index (κ1) is 38.9. The van der Waals surface area contributed by atoms with Crippen LogP contribution in [0.25, 0.3) is 153 Å². The van der Waals surface area contributed by atoms with Gasteiger partial charge in [0.05, 0.1) is 11.2 Å². The highest BCUT2D eigenvalue weighted by molar-refractivity contribution is 7.26. The molecule has 6 heteroatoms. The minimum Gasteiger partial charge on any atom is -0.456 e. The van der Waals surface area contributed by atoms with Crippen LogP contribution in [0.15, 0.2) is 223 Å². The SMILES string of the molecule is c1ccc(-c2nc(-c3cccc(-c4cccc5c4nc(-c4ccc6c7ccccc7c7ccccc7c6c4)c4ccc6sc7ccccc7c6c45)c3)nc(-c3ccc4c(c3)oc3ccccc34)n2)cc1. The van der Waals surface area contributed by atoms with Gasteiger partial charge in [0.15, 0.2) is 17.5 Å². The maximum atomic E-state index is 6.32. The molecule has 4 aromatic heterocycles. The summed E-state index contributed by atoms with van der Waals surface area (Å²) in [7, 11) is 0. The number of hydrogen-bond acceptors (Lipinski definition) is 6. The lowest BCUT2D eigenvalue weighted by molar-refractivity contribution is 0.669. The number of benzene rings is 11. The molecule has 0 atom stereocenters. The number of pyridine rings is 1. The second-order valence-electron chi connectivity index (χ2n) is 18.0. The monoisotopic (exact) mass is 908 g/mol. The van der Waals surface area contributed by atoms with E-state index in [1.807, 2.05) is 65.9 Å². The molecule has 0 bridgehead atoms. The van der Waals surface area contributed by atoms with Crippen LogP contribution in [0.2, 0.25) is 0 Å². The lowest BCUT2D eigenvalue weighted by Gasteiger charge is -2.16. The Bertz CT molecular complexity index is 4630. The fraction of sp³-hybridized carbons (Fsp3) is 0. The van der Waals surface area contributed by atoms with Gasteiger partial charge in [-0.1, -0.05) is 176 Å². The molecule has 0 spiro atoms. The number of hydrogen-bond donors (Lipinski definition) is 0. The van der Waals surface area contributed by atoms with Gasteiger partial charge < -0.3 is 4.42 Å². The minimum absolute atomic E-state index is 0.572. The summed E-state index contributed by atoms with van der Waals surface area (Å²) >= 11 is 1.85. The highest BCUT2D eigenvalue weighted by atomic mass is 32.1. The quantitative estimate of drug-likeness (QED) is 0.161. The summed E-state index contributed by atoms with van der Waals surface area (Å²) < 4.78 is 8.85. The molecule has 4 heterocycles. The summed E-state index contributed by atoms with van der Waals surface area (Å²) in [6, 6.07) is 77.5. The van der Waals surface area contributed by atoms with Crippen LogP contribution in [0.4, 0.5) is 0 Å². The maximum Gasteiger partial charge on any atom is 0.164 e. The Morgan fingerprint density at radius 3 is 1.61 bits per heavy atom. The van der Waals surface area contributed by atoms with Crippen molar-refractivity contribution in [1.82, 2.24) is 19.9 Å². The number of para-hydroxylation sites is 2. The third-order valence-electron chi connectivity index (χ3n) is 14.1. The van der Waals surface area contributed by atoms with Crippen LogP contribution in [-0.2, 0) is 0 Å². The standard InChI is InChI=1S/C64H36N4OS/c1-2-14-37(15-3-1)62-66-63(68-64(67-62)41-29-31-49-48-22-8-10-26-54(48)69-55(49)36-41)40-17-12-16-38(34-40)42-24-13-25-51-58-52(32-33-57-59(58)50-23-9-11-27-56(50)70-57)60(65-61(42)51)39-28-30-47-45-20-5-4-18-43(45)44-19-6-7-21-46(44)53(47)35-39/h1-36H. The molecule has 324 valence electrons. The first-order chi connectivity index (χ1) is 34.7. The minimum atomic E-state index is 0.572. The van der Waals surface area contributed by atoms with Crippen molar-refractivity contribution in [2.24, 2.45) is 0 Å². The Morgan fingerprint density at radius 1 is 0.286 bits per heavy atom. The third kappa shape index (κ3) is 5.97. The lowest BCUT2D eigenvalue weighted by atomic mass is 9.90. The second kappa shape index (κ2) is 15.2. The number of thiophene rings is 1. The van der Waals surface area contributed by atoms with Gasteiger partial charge >= 0.3 is 0 Å². The van der Waals surface area contributed by atoms with Crippen molar-refractivity contribution in [3.63, 3.8) is 0 Å². The van der Waals surface area contributed by atoms with Gasteiger partial charge in [-0.25, -0.2) is 19.9 Å². The van der Waals surface area contributed by atoms with Crippen molar-refractivity contribution >= 4 is 107 Å². The van der Waals surface area contributed by atoms with Crippen LogP contribution < -0.4 is 0 Å². The normalized spacial score (nSPS) is 12.0. The summed E-state index contributed by atoms with van der Waals surface area (Å²) in [5.74, 6) is 1.75. The van der Waals surface area contributed by atoms with E-state index < -0.39 is 0 Å². The van der Waals surface area contributed by atoms with E-state index in [0.717, 1.165) is 77.3 Å². The van der Waals surface area contributed by atoms with Crippen LogP contribution in [0.3, 0.4) is 0 Å². The molecule has 0 unspecified atom stereocenters. The average Bonchev–Trinajstić information content (AvgIpc) is 4.01. The molecule has 5 nitrogen and oxygen atoms in total. The molecule has 0 aliphatic carbocycles. The van der Waals surface area contributed by atoms with E-state index in [0.29, 0.717) is 17.5 Å². The van der Waals surface area contributed by atoms with Gasteiger partial charge in [-0.3, -0.25) is 0 Å². The number of rotatable bonds is 5. The zero-order valence-corrected chi connectivity index (χ0v) is 38.2. The molecule has 0 aliphatic heterocycles. The molecule has 0 aliphatic rings. The molecular weight excluding hydrogens is 873 g/mol. The van der Waals surface area contributed by atoms with Crippen molar-refractivity contribution < 1.29 is 4.42 Å². The van der Waals surface area contributed by atoms with Gasteiger partial charge in [0.1, 0.15) is 11.2 Å². The Labute approximate surface area is 404 Å². The van der Waals surface area contributed by atoms with E-state index in [1.54, 1.807) is 0 Å². The zero-order valence-electron chi connectivity index (χ0n) is 37.4. The van der Waals surface area contributed by atoms with E-state index in [2.05, 4.69) is 164 Å². The van der Waals surface area contributed by atoms with Crippen LogP contribution in [0, 0.1) is 0 Å². The summed E-state index contributed by atoms with van der Waals surface area (Å²) in [5.41, 5.74) is 9.30. The van der Waals surface area contributed by atoms with Crippen LogP contribution >= 0.6 is 11.3 Å². The van der Waals surface area contributed by atoms with Crippen molar-refractivity contribution in [3.8, 4) is 56.5 Å². The molecule has 11 aromatic carbocycles. The van der Waals surface area contributed by atoms with Crippen molar-refractivity contribution in [3.05, 3.63) is 218 Å². The van der Waals surface area contributed by atoms with Gasteiger partial charge in [0.25, 0.3) is 0 Å². The third-order valence-corrected chi connectivity index (χ3v) is 15.2. The zero-order chi connectivity index (χ0) is 45.9. The highest BCUT2D eigenvalue weighted by Gasteiger charge is 2.21. The molecule has 70 heavy (non-hydrogen) atoms. The fourth-order valence-corrected chi connectivity index (χ4v) is 12.0. The Hall–Kier alpha value is -9.10. The van der Waals surface area contributed by atoms with Crippen LogP contribution in [0.5, 0.6) is 0 Å². The predicted octanol–water partition coefficient (Wildman–Crippen LogP) is 17.6. The number of nitrogens with zero attached hydrogens (tertiary/aromatic N) is 4. The summed E-state index contributed by atoms with van der Waals surface area (Å²) in [6.07, 6.45) is 0. The molecule has 15 rings (SSSR count). The Balaban J connectivity index is 0.957. The van der Waals surface area contributed by atoms with Crippen molar-refractivity contribution in [2.45, 2.75) is 0 Å². The van der Waals surface area contributed by atoms with E-state index in [9.17, 15) is 0 Å². The fourth-order valence-electron chi connectivity index (χ4n) is 10.9. The first-order valence-electron chi connectivity index (χ1n) is 23.5. The van der Waals surface area contributed by atoms with Crippen molar-refractivity contribution in [1.29, 1.82) is 0 Å².